The van der Waals surface area contributed by atoms with E-state index in [-0.39, 0.29) is 6.61 Å². The highest BCUT2D eigenvalue weighted by molar-refractivity contribution is 5.86. The second-order valence-corrected chi connectivity index (χ2v) is 5.55. The first-order valence-corrected chi connectivity index (χ1v) is 7.90. The van der Waals surface area contributed by atoms with E-state index in [9.17, 15) is 0 Å². The highest BCUT2D eigenvalue weighted by Crippen LogP contribution is 2.24. The maximum Gasteiger partial charge on any atom is 0.258 e. The van der Waals surface area contributed by atoms with Crippen LogP contribution in [-0.2, 0) is 6.61 Å². The summed E-state index contributed by atoms with van der Waals surface area (Å²) in [5.41, 5.74) is 0.888. The van der Waals surface area contributed by atoms with Crippen molar-refractivity contribution in [2.75, 3.05) is 7.11 Å². The molecule has 4 aromatic rings. The molecule has 0 atom stereocenters. The van der Waals surface area contributed by atoms with Crippen LogP contribution in [0.4, 0.5) is 0 Å². The predicted octanol–water partition coefficient (Wildman–Crippen LogP) is 4.48. The van der Waals surface area contributed by atoms with E-state index in [1.165, 1.54) is 5.39 Å². The Bertz CT molecular complexity index is 1010. The lowest BCUT2D eigenvalue weighted by molar-refractivity contribution is 0.285. The lowest BCUT2D eigenvalue weighted by atomic mass is 10.1. The summed E-state index contributed by atoms with van der Waals surface area (Å²) in [5, 5.41) is 6.29. The van der Waals surface area contributed by atoms with E-state index in [4.69, 9.17) is 14.0 Å². The van der Waals surface area contributed by atoms with Gasteiger partial charge in [0.1, 0.15) is 11.5 Å². The van der Waals surface area contributed by atoms with E-state index < -0.39 is 0 Å². The first-order valence-electron chi connectivity index (χ1n) is 7.90. The lowest BCUT2D eigenvalue weighted by Gasteiger charge is -2.05. The van der Waals surface area contributed by atoms with Gasteiger partial charge in [-0.25, -0.2) is 0 Å². The van der Waals surface area contributed by atoms with Crippen molar-refractivity contribution in [1.82, 2.24) is 10.1 Å². The maximum atomic E-state index is 5.69. The van der Waals surface area contributed by atoms with Crippen molar-refractivity contribution < 1.29 is 14.0 Å². The lowest BCUT2D eigenvalue weighted by Crippen LogP contribution is -1.97. The van der Waals surface area contributed by atoms with Gasteiger partial charge in [-0.15, -0.1) is 0 Å². The first kappa shape index (κ1) is 15.2. The number of rotatable bonds is 5. The fraction of sp³-hybridized carbons (Fsp3) is 0.100. The summed E-state index contributed by atoms with van der Waals surface area (Å²) in [6.07, 6.45) is 0. The number of aromatic nitrogens is 2. The van der Waals surface area contributed by atoms with E-state index in [1.54, 1.807) is 7.11 Å². The Hall–Kier alpha value is -3.34. The monoisotopic (exact) mass is 332 g/mol. The van der Waals surface area contributed by atoms with Gasteiger partial charge in [-0.3, -0.25) is 0 Å². The third-order valence-electron chi connectivity index (χ3n) is 3.87. The van der Waals surface area contributed by atoms with E-state index in [2.05, 4.69) is 22.3 Å². The van der Waals surface area contributed by atoms with Crippen LogP contribution in [0.3, 0.4) is 0 Å². The molecule has 0 aliphatic carbocycles. The number of fused-ring (bicyclic) bond motifs is 1. The minimum absolute atomic E-state index is 0.226. The third kappa shape index (κ3) is 3.30. The van der Waals surface area contributed by atoms with Gasteiger partial charge in [-0.1, -0.05) is 41.6 Å². The topological polar surface area (TPSA) is 57.4 Å². The quantitative estimate of drug-likeness (QED) is 0.539. The van der Waals surface area contributed by atoms with Crippen LogP contribution < -0.4 is 9.47 Å². The second-order valence-electron chi connectivity index (χ2n) is 5.55. The van der Waals surface area contributed by atoms with Crippen molar-refractivity contribution >= 4 is 10.8 Å². The van der Waals surface area contributed by atoms with Crippen molar-refractivity contribution in [3.8, 4) is 23.0 Å². The van der Waals surface area contributed by atoms with Crippen LogP contribution in [0.2, 0.25) is 0 Å². The second kappa shape index (κ2) is 6.65. The van der Waals surface area contributed by atoms with Crippen LogP contribution in [0.1, 0.15) is 5.82 Å². The molecule has 0 unspecified atom stereocenters. The summed E-state index contributed by atoms with van der Waals surface area (Å²) < 4.78 is 16.2. The summed E-state index contributed by atoms with van der Waals surface area (Å²) in [6.45, 7) is 0.226. The molecule has 3 aromatic carbocycles. The zero-order chi connectivity index (χ0) is 17.1. The smallest absolute Gasteiger partial charge is 0.258 e. The summed E-state index contributed by atoms with van der Waals surface area (Å²) >= 11 is 0. The van der Waals surface area contributed by atoms with Crippen molar-refractivity contribution in [3.63, 3.8) is 0 Å². The molecule has 0 amide bonds. The molecule has 25 heavy (non-hydrogen) atoms. The molecule has 0 bridgehead atoms. The van der Waals surface area contributed by atoms with Crippen molar-refractivity contribution in [2.24, 2.45) is 0 Å². The number of ether oxygens (including phenoxy) is 2. The molecule has 1 heterocycles. The standard InChI is InChI=1S/C20H16N2O3/c1-23-17-7-4-8-18(12-17)24-13-19-21-20(25-22-19)16-10-9-14-5-2-3-6-15(14)11-16/h2-12H,13H2,1H3. The number of benzene rings is 3. The third-order valence-corrected chi connectivity index (χ3v) is 3.87. The molecule has 0 saturated heterocycles. The summed E-state index contributed by atoms with van der Waals surface area (Å²) in [6, 6.07) is 21.6. The molecular formula is C20H16N2O3. The van der Waals surface area contributed by atoms with Crippen LogP contribution in [0.25, 0.3) is 22.2 Å². The Kier molecular flexibility index (Phi) is 4.04. The Morgan fingerprint density at radius 2 is 1.72 bits per heavy atom. The number of methoxy groups -OCH3 is 1. The first-order chi connectivity index (χ1) is 12.3. The fourth-order valence-electron chi connectivity index (χ4n) is 2.59. The zero-order valence-corrected chi connectivity index (χ0v) is 13.7. The normalized spacial score (nSPS) is 10.8. The molecule has 0 fully saturated rings. The largest absolute Gasteiger partial charge is 0.497 e. The van der Waals surface area contributed by atoms with Crippen LogP contribution in [0, 0.1) is 0 Å². The number of hydrogen-bond donors (Lipinski definition) is 0. The summed E-state index contributed by atoms with van der Waals surface area (Å²) in [7, 11) is 1.62. The SMILES string of the molecule is COc1cccc(OCc2noc(-c3ccc4ccccc4c3)n2)c1. The predicted molar refractivity (Wildman–Crippen MR) is 94.6 cm³/mol. The van der Waals surface area contributed by atoms with Gasteiger partial charge in [0.25, 0.3) is 5.89 Å². The van der Waals surface area contributed by atoms with Crippen LogP contribution in [-0.4, -0.2) is 17.3 Å². The highest BCUT2D eigenvalue weighted by Gasteiger charge is 2.10. The Balaban J connectivity index is 1.51. The minimum atomic E-state index is 0.226. The van der Waals surface area contributed by atoms with Crippen molar-refractivity contribution in [3.05, 3.63) is 72.6 Å². The van der Waals surface area contributed by atoms with Gasteiger partial charge < -0.3 is 14.0 Å². The molecule has 4 rings (SSSR count). The molecule has 0 aliphatic heterocycles. The van der Waals surface area contributed by atoms with Gasteiger partial charge in [0.05, 0.1) is 7.11 Å². The van der Waals surface area contributed by atoms with Crippen molar-refractivity contribution in [1.29, 1.82) is 0 Å². The average molecular weight is 332 g/mol. The van der Waals surface area contributed by atoms with Gasteiger partial charge in [0.15, 0.2) is 6.61 Å². The maximum absolute atomic E-state index is 5.69. The highest BCUT2D eigenvalue weighted by atomic mass is 16.5. The molecule has 0 saturated carbocycles. The van der Waals surface area contributed by atoms with Gasteiger partial charge in [0, 0.05) is 11.6 Å². The Labute approximate surface area is 144 Å². The molecule has 0 N–H and O–H groups in total. The fourth-order valence-corrected chi connectivity index (χ4v) is 2.59. The Morgan fingerprint density at radius 1 is 0.880 bits per heavy atom. The number of hydrogen-bond acceptors (Lipinski definition) is 5. The molecular weight excluding hydrogens is 316 g/mol. The minimum Gasteiger partial charge on any atom is -0.497 e. The van der Waals surface area contributed by atoms with Gasteiger partial charge in [-0.05, 0) is 35.0 Å². The van der Waals surface area contributed by atoms with E-state index >= 15 is 0 Å². The molecule has 124 valence electrons. The average Bonchev–Trinajstić information content (AvgIpc) is 3.15. The molecule has 1 aromatic heterocycles. The molecule has 0 radical (unpaired) electrons. The molecule has 0 aliphatic rings. The molecule has 5 heteroatoms. The van der Waals surface area contributed by atoms with Crippen molar-refractivity contribution in [2.45, 2.75) is 6.61 Å². The van der Waals surface area contributed by atoms with Crippen LogP contribution >= 0.6 is 0 Å². The zero-order valence-electron chi connectivity index (χ0n) is 13.7. The van der Waals surface area contributed by atoms with Crippen LogP contribution in [0.5, 0.6) is 11.5 Å². The van der Waals surface area contributed by atoms with E-state index in [0.717, 1.165) is 16.7 Å². The Morgan fingerprint density at radius 3 is 2.60 bits per heavy atom. The van der Waals surface area contributed by atoms with Gasteiger partial charge in [0.2, 0.25) is 5.82 Å². The summed E-state index contributed by atoms with van der Waals surface area (Å²) in [4.78, 5) is 4.41. The van der Waals surface area contributed by atoms with E-state index in [0.29, 0.717) is 17.5 Å². The molecule has 0 spiro atoms. The summed E-state index contributed by atoms with van der Waals surface area (Å²) in [5.74, 6) is 2.40. The van der Waals surface area contributed by atoms with Gasteiger partial charge >= 0.3 is 0 Å². The van der Waals surface area contributed by atoms with Gasteiger partial charge in [-0.2, -0.15) is 4.98 Å². The molecule has 5 nitrogen and oxygen atoms in total. The van der Waals surface area contributed by atoms with Crippen LogP contribution in [0.15, 0.2) is 71.3 Å². The number of nitrogens with zero attached hydrogens (tertiary/aromatic N) is 2. The van der Waals surface area contributed by atoms with E-state index in [1.807, 2.05) is 54.6 Å².